The van der Waals surface area contributed by atoms with Gasteiger partial charge in [0.15, 0.2) is 5.78 Å². The zero-order valence-corrected chi connectivity index (χ0v) is 35.4. The molecule has 0 bridgehead atoms. The third-order valence-corrected chi connectivity index (χ3v) is 11.3. The molecule has 0 spiro atoms. The fourth-order valence-electron chi connectivity index (χ4n) is 7.42. The zero-order valence-electron chi connectivity index (χ0n) is 34.7. The number of ketones is 1. The maximum atomic E-state index is 12.9. The second-order valence-corrected chi connectivity index (χ2v) is 15.6. The first-order valence-electron chi connectivity index (χ1n) is 20.1. The number of methoxy groups -OCH3 is 2. The van der Waals surface area contributed by atoms with Crippen molar-refractivity contribution < 1.29 is 56.3 Å². The van der Waals surface area contributed by atoms with Gasteiger partial charge in [-0.1, -0.05) is 23.7 Å². The molecule has 2 unspecified atom stereocenters. The smallest absolute Gasteiger partial charge is 0.416 e. The Kier molecular flexibility index (Phi) is 18.5. The Balaban J connectivity index is 0.000000269. The van der Waals surface area contributed by atoms with Gasteiger partial charge in [-0.05, 0) is 111 Å². The lowest BCUT2D eigenvalue weighted by atomic mass is 9.83. The molecule has 4 aromatic carbocycles. The first-order valence-corrected chi connectivity index (χ1v) is 20.4. The molecule has 0 radical (unpaired) electrons. The van der Waals surface area contributed by atoms with E-state index >= 15 is 0 Å². The Morgan fingerprint density at radius 3 is 2.18 bits per heavy atom. The summed E-state index contributed by atoms with van der Waals surface area (Å²) in [6.07, 6.45) is -1.40. The number of halogens is 6. The van der Waals surface area contributed by atoms with Crippen LogP contribution in [-0.2, 0) is 16.5 Å². The van der Waals surface area contributed by atoms with Crippen molar-refractivity contribution >= 4 is 29.0 Å². The number of likely N-dealkylation sites (tertiary alicyclic amines) is 2. The molecule has 0 saturated carbocycles. The Bertz CT molecular complexity index is 2050. The molecule has 2 saturated heterocycles. The van der Waals surface area contributed by atoms with Gasteiger partial charge in [0.2, 0.25) is 0 Å². The van der Waals surface area contributed by atoms with Gasteiger partial charge in [-0.2, -0.15) is 13.2 Å². The van der Waals surface area contributed by atoms with Gasteiger partial charge >= 0.3 is 6.18 Å². The molecule has 2 aliphatic heterocycles. The van der Waals surface area contributed by atoms with E-state index in [0.717, 1.165) is 38.1 Å². The molecule has 62 heavy (non-hydrogen) atoms. The monoisotopic (exact) mass is 892 g/mol. The highest BCUT2D eigenvalue weighted by molar-refractivity contribution is 6.33. The number of ether oxygens (including phenoxy) is 3. The SMILES string of the molecule is COc1cc(N)c(Cl)cc1C(=O)NC1CCN(CCCOc2ccc(F)cc2)CC1OC.O.O=C(CCCN1CCC(O)(c2cccc(C(F)(F)F)c2)CC1)c1ccc(F)cc1. The van der Waals surface area contributed by atoms with E-state index in [1.807, 2.05) is 0 Å². The van der Waals surface area contributed by atoms with E-state index < -0.39 is 17.3 Å². The summed E-state index contributed by atoms with van der Waals surface area (Å²) in [7, 11) is 3.13. The molecule has 2 heterocycles. The molecule has 2 atom stereocenters. The minimum Gasteiger partial charge on any atom is -0.496 e. The molecule has 1 amide bonds. The van der Waals surface area contributed by atoms with Crippen LogP contribution >= 0.6 is 11.6 Å². The summed E-state index contributed by atoms with van der Waals surface area (Å²) in [5, 5.41) is 14.2. The van der Waals surface area contributed by atoms with Crippen molar-refractivity contribution in [3.63, 3.8) is 0 Å². The predicted molar refractivity (Wildman–Crippen MR) is 227 cm³/mol. The average Bonchev–Trinajstić information content (AvgIpc) is 3.25. The molecule has 6 N–H and O–H groups in total. The van der Waals surface area contributed by atoms with Gasteiger partial charge < -0.3 is 45.6 Å². The van der Waals surface area contributed by atoms with Crippen LogP contribution in [0.25, 0.3) is 0 Å². The number of carbonyl (C=O) groups excluding carboxylic acids is 2. The van der Waals surface area contributed by atoms with Gasteiger partial charge in [-0.15, -0.1) is 0 Å². The molecule has 2 aliphatic rings. The second kappa shape index (κ2) is 23.0. The molecule has 4 aromatic rings. The van der Waals surface area contributed by atoms with Crippen molar-refractivity contribution in [1.29, 1.82) is 0 Å². The van der Waals surface area contributed by atoms with Gasteiger partial charge in [0.1, 0.15) is 23.1 Å². The van der Waals surface area contributed by atoms with Crippen molar-refractivity contribution in [2.75, 3.05) is 65.8 Å². The highest BCUT2D eigenvalue weighted by Gasteiger charge is 2.37. The number of anilines is 1. The van der Waals surface area contributed by atoms with E-state index in [1.54, 1.807) is 25.3 Å². The number of nitrogens with one attached hydrogen (secondary N) is 1. The van der Waals surface area contributed by atoms with Crippen LogP contribution < -0.4 is 20.5 Å². The summed E-state index contributed by atoms with van der Waals surface area (Å²) in [5.74, 6) is 0.0242. The van der Waals surface area contributed by atoms with Crippen LogP contribution in [0.2, 0.25) is 5.02 Å². The maximum Gasteiger partial charge on any atom is 0.416 e. The average molecular weight is 893 g/mol. The molecule has 2 fully saturated rings. The third-order valence-electron chi connectivity index (χ3n) is 11.0. The summed E-state index contributed by atoms with van der Waals surface area (Å²) in [6.45, 7) is 4.62. The number of rotatable bonds is 15. The Morgan fingerprint density at radius 2 is 1.55 bits per heavy atom. The number of amides is 1. The van der Waals surface area contributed by atoms with Gasteiger partial charge in [-0.3, -0.25) is 9.59 Å². The van der Waals surface area contributed by atoms with E-state index in [1.165, 1.54) is 61.7 Å². The second-order valence-electron chi connectivity index (χ2n) is 15.2. The quantitative estimate of drug-likeness (QED) is 0.0482. The van der Waals surface area contributed by atoms with Crippen LogP contribution in [0.15, 0.2) is 84.9 Å². The van der Waals surface area contributed by atoms with Gasteiger partial charge in [-0.25, -0.2) is 8.78 Å². The Hall–Kier alpha value is -4.84. The number of carbonyl (C=O) groups is 2. The standard InChI is InChI=1S/C23H29ClFN3O4.C22H23F4NO2.H2O/c1-30-21-13-19(26)18(24)12-17(21)23(29)27-20-8-10-28(14-22(20)31-2)9-3-11-32-16-6-4-15(25)5-7-16;23-19-8-6-16(7-9-19)20(28)5-2-12-27-13-10-21(29,11-14-27)17-3-1-4-18(15-17)22(24,25)26;/h4-7,12-13,20,22H,3,8-11,14,26H2,1-2H3,(H,27,29);1,3-4,6-9,15,29H,2,5,10-14H2;1H2. The van der Waals surface area contributed by atoms with Crippen LogP contribution in [0, 0.1) is 11.6 Å². The van der Waals surface area contributed by atoms with Gasteiger partial charge in [0.05, 0.1) is 53.3 Å². The van der Waals surface area contributed by atoms with Crippen molar-refractivity contribution in [3.8, 4) is 11.5 Å². The van der Waals surface area contributed by atoms with E-state index in [0.29, 0.717) is 97.4 Å². The number of hydrogen-bond acceptors (Lipinski definition) is 9. The zero-order chi connectivity index (χ0) is 44.2. The number of nitrogens with zero attached hydrogens (tertiary/aromatic N) is 2. The number of Topliss-reactive ketones (excluding diaryl/α,β-unsaturated/α-hetero) is 1. The van der Waals surface area contributed by atoms with E-state index in [4.69, 9.17) is 31.5 Å². The van der Waals surface area contributed by atoms with E-state index in [9.17, 15) is 36.6 Å². The highest BCUT2D eigenvalue weighted by atomic mass is 35.5. The molecular formula is C45H54ClF5N4O7. The Morgan fingerprint density at radius 1 is 0.903 bits per heavy atom. The largest absolute Gasteiger partial charge is 0.496 e. The van der Waals surface area contributed by atoms with Gasteiger partial charge in [0.25, 0.3) is 5.91 Å². The fraction of sp³-hybridized carbons (Fsp3) is 0.422. The van der Waals surface area contributed by atoms with Crippen molar-refractivity contribution in [3.05, 3.63) is 124 Å². The molecule has 6 rings (SSSR count). The molecule has 17 heteroatoms. The topological polar surface area (TPSA) is 158 Å². The summed E-state index contributed by atoms with van der Waals surface area (Å²) < 4.78 is 81.3. The summed E-state index contributed by atoms with van der Waals surface area (Å²) in [4.78, 5) is 29.4. The lowest BCUT2D eigenvalue weighted by molar-refractivity contribution is -0.137. The number of nitrogen functional groups attached to an aromatic ring is 1. The summed E-state index contributed by atoms with van der Waals surface area (Å²) in [6, 6.07) is 19.2. The minimum absolute atomic E-state index is 0. The van der Waals surface area contributed by atoms with Crippen LogP contribution in [0.5, 0.6) is 11.5 Å². The minimum atomic E-state index is -4.44. The number of piperidine rings is 2. The van der Waals surface area contributed by atoms with Crippen molar-refractivity contribution in [1.82, 2.24) is 15.1 Å². The first kappa shape index (κ1) is 49.8. The van der Waals surface area contributed by atoms with Crippen LogP contribution in [-0.4, -0.2) is 104 Å². The lowest BCUT2D eigenvalue weighted by Gasteiger charge is -2.38. The van der Waals surface area contributed by atoms with Crippen LogP contribution in [0.4, 0.5) is 27.6 Å². The normalized spacial score (nSPS) is 17.8. The van der Waals surface area contributed by atoms with Crippen LogP contribution in [0.1, 0.15) is 70.4 Å². The molecule has 0 aromatic heterocycles. The van der Waals surface area contributed by atoms with Crippen LogP contribution in [0.3, 0.4) is 0 Å². The third kappa shape index (κ3) is 14.1. The van der Waals surface area contributed by atoms with E-state index in [-0.39, 0.29) is 40.9 Å². The number of benzene rings is 4. The highest BCUT2D eigenvalue weighted by Crippen LogP contribution is 2.37. The Labute approximate surface area is 363 Å². The number of hydrogen-bond donors (Lipinski definition) is 3. The van der Waals surface area contributed by atoms with Crippen molar-refractivity contribution in [2.45, 2.75) is 62.4 Å². The fourth-order valence-corrected chi connectivity index (χ4v) is 7.59. The first-order chi connectivity index (χ1) is 29.1. The molecule has 0 aliphatic carbocycles. The molecular weight excluding hydrogens is 839 g/mol. The molecule has 11 nitrogen and oxygen atoms in total. The van der Waals surface area contributed by atoms with Crippen molar-refractivity contribution in [2.24, 2.45) is 0 Å². The summed E-state index contributed by atoms with van der Waals surface area (Å²) >= 11 is 6.09. The van der Waals surface area contributed by atoms with Gasteiger partial charge in [0, 0.05) is 57.9 Å². The number of aliphatic hydroxyl groups is 1. The lowest BCUT2D eigenvalue weighted by Crippen LogP contribution is -2.55. The number of nitrogens with two attached hydrogens (primary N) is 1. The predicted octanol–water partition coefficient (Wildman–Crippen LogP) is 7.32. The maximum absolute atomic E-state index is 12.9. The molecule has 338 valence electrons. The number of alkyl halides is 3. The van der Waals surface area contributed by atoms with E-state index in [2.05, 4.69) is 15.1 Å². The summed E-state index contributed by atoms with van der Waals surface area (Å²) in [5.41, 5.74) is 5.22.